The van der Waals surface area contributed by atoms with Gasteiger partial charge in [0, 0.05) is 41.4 Å². The average Bonchev–Trinajstić information content (AvgIpc) is 3.24. The molecule has 2 aromatic heterocycles. The monoisotopic (exact) mass is 428 g/mol. The van der Waals surface area contributed by atoms with Crippen molar-refractivity contribution >= 4 is 34.4 Å². The molecule has 162 valence electrons. The van der Waals surface area contributed by atoms with Crippen molar-refractivity contribution in [3.8, 4) is 0 Å². The fourth-order valence-electron chi connectivity index (χ4n) is 3.56. The van der Waals surface area contributed by atoms with Gasteiger partial charge in [-0.3, -0.25) is 0 Å². The molecule has 0 amide bonds. The fourth-order valence-corrected chi connectivity index (χ4v) is 3.56. The number of nitrogens with one attached hydrogen (secondary N) is 2. The minimum Gasteiger partial charge on any atom is -0.378 e. The number of anilines is 3. The number of benzene rings is 2. The predicted octanol–water partition coefficient (Wildman–Crippen LogP) is 4.53. The number of hydrogen-bond acceptors (Lipinski definition) is 8. The molecule has 4 aromatic rings. The number of fused-ring (bicyclic) bond motifs is 1. The van der Waals surface area contributed by atoms with Crippen molar-refractivity contribution in [2.45, 2.75) is 13.5 Å². The number of aryl methyl sites for hydroxylation is 1. The molecule has 3 heterocycles. The molecule has 1 fully saturated rings. The summed E-state index contributed by atoms with van der Waals surface area (Å²) in [5.41, 5.74) is 4.24. The van der Waals surface area contributed by atoms with E-state index in [9.17, 15) is 0 Å². The summed E-state index contributed by atoms with van der Waals surface area (Å²) in [7, 11) is 0. The first-order valence-electron chi connectivity index (χ1n) is 10.6. The quantitative estimate of drug-likeness (QED) is 0.438. The Hall–Kier alpha value is -3.85. The summed E-state index contributed by atoms with van der Waals surface area (Å²) < 4.78 is 5.46. The molecule has 32 heavy (non-hydrogen) atoms. The Morgan fingerprint density at radius 3 is 2.69 bits per heavy atom. The molecule has 0 unspecified atom stereocenters. The van der Waals surface area contributed by atoms with Crippen LogP contribution in [0.3, 0.4) is 0 Å². The highest BCUT2D eigenvalue weighted by Crippen LogP contribution is 2.22. The van der Waals surface area contributed by atoms with Gasteiger partial charge in [0.25, 0.3) is 5.95 Å². The number of ether oxygens (including phenoxy) is 1. The Morgan fingerprint density at radius 1 is 1.03 bits per heavy atom. The van der Waals surface area contributed by atoms with Crippen molar-refractivity contribution in [2.24, 2.45) is 10.2 Å². The van der Waals surface area contributed by atoms with Crippen LogP contribution in [0.15, 0.2) is 65.0 Å². The van der Waals surface area contributed by atoms with E-state index in [1.807, 2.05) is 48.7 Å². The zero-order valence-electron chi connectivity index (χ0n) is 17.8. The van der Waals surface area contributed by atoms with Crippen LogP contribution in [-0.4, -0.2) is 46.2 Å². The minimum absolute atomic E-state index is 0.274. The average molecular weight is 429 g/mol. The van der Waals surface area contributed by atoms with E-state index in [1.165, 1.54) is 5.56 Å². The van der Waals surface area contributed by atoms with Crippen LogP contribution in [0.2, 0.25) is 0 Å². The summed E-state index contributed by atoms with van der Waals surface area (Å²) in [5, 5.41) is 13.1. The molecule has 2 aromatic carbocycles. The van der Waals surface area contributed by atoms with Gasteiger partial charge in [0.15, 0.2) is 0 Å². The maximum Gasteiger partial charge on any atom is 0.275 e. The Morgan fingerprint density at radius 2 is 1.84 bits per heavy atom. The molecule has 0 aliphatic carbocycles. The zero-order valence-corrected chi connectivity index (χ0v) is 17.8. The number of rotatable bonds is 6. The van der Waals surface area contributed by atoms with E-state index in [0.717, 1.165) is 35.2 Å². The van der Waals surface area contributed by atoms with E-state index in [4.69, 9.17) is 4.74 Å². The van der Waals surface area contributed by atoms with Crippen molar-refractivity contribution in [3.05, 3.63) is 65.9 Å². The molecule has 0 saturated carbocycles. The number of aromatic nitrogens is 4. The van der Waals surface area contributed by atoms with Crippen LogP contribution in [0.25, 0.3) is 10.9 Å². The lowest BCUT2D eigenvalue weighted by atomic mass is 10.2. The molecule has 2 N–H and O–H groups in total. The molecule has 1 aliphatic heterocycles. The normalized spacial score (nSPS) is 14.3. The van der Waals surface area contributed by atoms with Crippen molar-refractivity contribution in [2.75, 3.05) is 36.5 Å². The smallest absolute Gasteiger partial charge is 0.275 e. The molecular formula is C23H24N8O. The zero-order chi connectivity index (χ0) is 21.8. The lowest BCUT2D eigenvalue weighted by Gasteiger charge is -2.26. The summed E-state index contributed by atoms with van der Waals surface area (Å²) in [5.74, 6) is 1.28. The van der Waals surface area contributed by atoms with E-state index in [1.54, 1.807) is 0 Å². The number of H-pyrrole nitrogens is 1. The van der Waals surface area contributed by atoms with Gasteiger partial charge in [-0.15, -0.1) is 5.11 Å². The molecule has 0 atom stereocenters. The number of para-hydroxylation sites is 1. The number of aromatic amines is 1. The SMILES string of the molecule is Cc1ccc(Nc2nc(N=NCc3c[nH]c4ccccc34)nc(N3CCOCC3)n2)cc1. The molecule has 1 aliphatic rings. The lowest BCUT2D eigenvalue weighted by molar-refractivity contribution is 0.122. The van der Waals surface area contributed by atoms with Gasteiger partial charge in [-0.05, 0) is 25.1 Å². The van der Waals surface area contributed by atoms with Gasteiger partial charge >= 0.3 is 0 Å². The maximum atomic E-state index is 5.46. The van der Waals surface area contributed by atoms with Crippen LogP contribution in [0.5, 0.6) is 0 Å². The highest BCUT2D eigenvalue weighted by molar-refractivity contribution is 5.82. The number of morpholine rings is 1. The Balaban J connectivity index is 1.40. The van der Waals surface area contributed by atoms with Crippen LogP contribution in [0.1, 0.15) is 11.1 Å². The van der Waals surface area contributed by atoms with Crippen LogP contribution in [0, 0.1) is 6.92 Å². The highest BCUT2D eigenvalue weighted by atomic mass is 16.5. The fraction of sp³-hybridized carbons (Fsp3) is 0.261. The van der Waals surface area contributed by atoms with Crippen molar-refractivity contribution < 1.29 is 4.74 Å². The van der Waals surface area contributed by atoms with Crippen molar-refractivity contribution in [1.29, 1.82) is 0 Å². The lowest BCUT2D eigenvalue weighted by Crippen LogP contribution is -2.37. The molecule has 0 spiro atoms. The molecule has 9 nitrogen and oxygen atoms in total. The molecule has 0 radical (unpaired) electrons. The summed E-state index contributed by atoms with van der Waals surface area (Å²) in [6.45, 7) is 5.21. The van der Waals surface area contributed by atoms with Gasteiger partial charge in [-0.25, -0.2) is 0 Å². The predicted molar refractivity (Wildman–Crippen MR) is 124 cm³/mol. The standard InChI is InChI=1S/C23H24N8O/c1-16-6-8-18(9-7-16)26-21-27-22(29-23(28-21)31-10-12-32-13-11-31)30-25-15-17-14-24-20-5-3-2-4-19(17)20/h2-9,14,24H,10-13,15H2,1H3,(H,26,27,28,29). The third-order valence-corrected chi connectivity index (χ3v) is 5.29. The van der Waals surface area contributed by atoms with Crippen LogP contribution in [-0.2, 0) is 11.3 Å². The Bertz CT molecular complexity index is 1230. The summed E-state index contributed by atoms with van der Waals surface area (Å²) in [6.07, 6.45) is 1.96. The third-order valence-electron chi connectivity index (χ3n) is 5.29. The highest BCUT2D eigenvalue weighted by Gasteiger charge is 2.17. The first-order chi connectivity index (χ1) is 15.7. The van der Waals surface area contributed by atoms with Crippen LogP contribution < -0.4 is 10.2 Å². The second-order valence-electron chi connectivity index (χ2n) is 7.61. The number of hydrogen-bond donors (Lipinski definition) is 2. The summed E-state index contributed by atoms with van der Waals surface area (Å²) in [4.78, 5) is 18.9. The Kier molecular flexibility index (Phi) is 5.71. The van der Waals surface area contributed by atoms with Crippen LogP contribution in [0.4, 0.5) is 23.5 Å². The summed E-state index contributed by atoms with van der Waals surface area (Å²) in [6, 6.07) is 16.2. The first-order valence-corrected chi connectivity index (χ1v) is 10.6. The molecule has 0 bridgehead atoms. The number of azo groups is 1. The van der Waals surface area contributed by atoms with E-state index < -0.39 is 0 Å². The largest absolute Gasteiger partial charge is 0.378 e. The Labute approximate surface area is 185 Å². The third kappa shape index (κ3) is 4.57. The second-order valence-corrected chi connectivity index (χ2v) is 7.61. The van der Waals surface area contributed by atoms with Gasteiger partial charge in [-0.2, -0.15) is 20.1 Å². The maximum absolute atomic E-state index is 5.46. The van der Waals surface area contributed by atoms with Gasteiger partial charge in [-0.1, -0.05) is 35.9 Å². The van der Waals surface area contributed by atoms with E-state index in [2.05, 4.69) is 53.4 Å². The summed E-state index contributed by atoms with van der Waals surface area (Å²) >= 11 is 0. The van der Waals surface area contributed by atoms with E-state index in [0.29, 0.717) is 31.7 Å². The second kappa shape index (κ2) is 9.11. The van der Waals surface area contributed by atoms with Gasteiger partial charge in [0.05, 0.1) is 19.8 Å². The van der Waals surface area contributed by atoms with Crippen LogP contribution >= 0.6 is 0 Å². The van der Waals surface area contributed by atoms with Gasteiger partial charge in [0.1, 0.15) is 0 Å². The first kappa shape index (κ1) is 20.1. The van der Waals surface area contributed by atoms with Crippen molar-refractivity contribution in [1.82, 2.24) is 19.9 Å². The van der Waals surface area contributed by atoms with E-state index in [-0.39, 0.29) is 5.95 Å². The molecule has 5 rings (SSSR count). The van der Waals surface area contributed by atoms with Crippen molar-refractivity contribution in [3.63, 3.8) is 0 Å². The molecular weight excluding hydrogens is 404 g/mol. The van der Waals surface area contributed by atoms with Gasteiger partial charge < -0.3 is 19.9 Å². The molecule has 1 saturated heterocycles. The topological polar surface area (TPSA) is 104 Å². The minimum atomic E-state index is 0.274. The molecule has 9 heteroatoms. The van der Waals surface area contributed by atoms with Gasteiger partial charge in [0.2, 0.25) is 11.9 Å². The number of nitrogens with zero attached hydrogens (tertiary/aromatic N) is 6. The van der Waals surface area contributed by atoms with E-state index >= 15 is 0 Å².